The number of rotatable bonds is 4. The van der Waals surface area contributed by atoms with Gasteiger partial charge in [-0.3, -0.25) is 0 Å². The van der Waals surface area contributed by atoms with Crippen LogP contribution in [0, 0.1) is 4.91 Å². The van der Waals surface area contributed by atoms with Gasteiger partial charge in [-0.2, -0.15) is 5.43 Å². The molecule has 0 aromatic carbocycles. The quantitative estimate of drug-likeness (QED) is 0.505. The Balaban J connectivity index is 0. The molecule has 0 saturated heterocycles. The number of hydrogen-bond acceptors (Lipinski definition) is 4. The first-order valence-corrected chi connectivity index (χ1v) is 4.22. The van der Waals surface area contributed by atoms with Gasteiger partial charge in [-0.05, 0) is 19.6 Å². The maximum atomic E-state index is 9.42. The number of nitroso groups, excluding NO2 is 1. The topological polar surface area (TPSA) is 87.8 Å². The van der Waals surface area contributed by atoms with Gasteiger partial charge in [0, 0.05) is 0 Å². The lowest BCUT2D eigenvalue weighted by Crippen LogP contribution is -2.23. The van der Waals surface area contributed by atoms with Gasteiger partial charge in [0.2, 0.25) is 0 Å². The summed E-state index contributed by atoms with van der Waals surface area (Å²) in [5, 5.41) is 1.96. The van der Waals surface area contributed by atoms with Gasteiger partial charge in [-0.25, -0.2) is 4.79 Å². The summed E-state index contributed by atoms with van der Waals surface area (Å²) in [6, 6.07) is -0.940. The highest BCUT2D eigenvalue weighted by Gasteiger charge is 1.89. The predicted molar refractivity (Wildman–Crippen MR) is 52.0 cm³/mol. The Hall–Kier alpha value is -1.17. The molecule has 0 bridgehead atoms. The zero-order valence-electron chi connectivity index (χ0n) is 8.41. The highest BCUT2D eigenvalue weighted by atomic mass is 16.3. The Morgan fingerprint density at radius 2 is 1.69 bits per heavy atom. The summed E-state index contributed by atoms with van der Waals surface area (Å²) >= 11 is 0. The third-order valence-corrected chi connectivity index (χ3v) is 1.50. The molecule has 6 nitrogen and oxygen atoms in total. The van der Waals surface area contributed by atoms with E-state index >= 15 is 0 Å². The van der Waals surface area contributed by atoms with Crippen LogP contribution in [-0.2, 0) is 0 Å². The summed E-state index contributed by atoms with van der Waals surface area (Å²) in [6.07, 6.45) is 0. The van der Waals surface area contributed by atoms with Crippen LogP contribution < -0.4 is 11.2 Å². The first-order chi connectivity index (χ1) is 6.12. The fourth-order valence-electron chi connectivity index (χ4n) is 0.716. The minimum Gasteiger partial charge on any atom is -0.350 e. The average Bonchev–Trinajstić information content (AvgIpc) is 2.08. The van der Waals surface area contributed by atoms with Crippen molar-refractivity contribution < 1.29 is 4.79 Å². The van der Waals surface area contributed by atoms with E-state index in [4.69, 9.17) is 4.91 Å². The number of urea groups is 1. The molecule has 0 aliphatic heterocycles. The van der Waals surface area contributed by atoms with Crippen molar-refractivity contribution in [3.63, 3.8) is 0 Å². The summed E-state index contributed by atoms with van der Waals surface area (Å²) in [5.74, 6) is 0. The molecule has 0 aromatic rings. The summed E-state index contributed by atoms with van der Waals surface area (Å²) in [6.45, 7) is 10.1. The summed E-state index contributed by atoms with van der Waals surface area (Å²) in [5.41, 5.74) is 5.78. The maximum absolute atomic E-state index is 9.42. The number of carbonyl (C=O) groups is 1. The molecule has 13 heavy (non-hydrogen) atoms. The molecule has 0 heterocycles. The molecule has 0 aromatic heterocycles. The second-order valence-corrected chi connectivity index (χ2v) is 2.19. The Kier molecular flexibility index (Phi) is 12.0. The standard InChI is InChI=1S/C6H15N.CH3N3O2/c1-4-7(5-2)6-3;2-1(5)3-4-6/h4-6H2,1-3H3;(H3,2,3,5,6). The van der Waals surface area contributed by atoms with Crippen molar-refractivity contribution in [2.24, 2.45) is 11.0 Å². The van der Waals surface area contributed by atoms with Gasteiger partial charge >= 0.3 is 6.03 Å². The minimum atomic E-state index is -0.940. The molecule has 0 atom stereocenters. The lowest BCUT2D eigenvalue weighted by atomic mass is 10.5. The molecule has 0 radical (unpaired) electrons. The molecule has 0 aliphatic rings. The number of primary amides is 1. The van der Waals surface area contributed by atoms with E-state index in [-0.39, 0.29) is 0 Å². The van der Waals surface area contributed by atoms with Crippen LogP contribution in [0.2, 0.25) is 0 Å². The molecule has 2 amide bonds. The number of nitrogens with one attached hydrogen (secondary N) is 1. The number of amides is 2. The lowest BCUT2D eigenvalue weighted by molar-refractivity contribution is 0.249. The second kappa shape index (κ2) is 10.8. The Bertz CT molecular complexity index is 131. The van der Waals surface area contributed by atoms with Crippen LogP contribution in [-0.4, -0.2) is 30.6 Å². The molecule has 6 heteroatoms. The van der Waals surface area contributed by atoms with Crippen molar-refractivity contribution in [1.82, 2.24) is 10.3 Å². The number of hydrogen-bond donors (Lipinski definition) is 2. The second-order valence-electron chi connectivity index (χ2n) is 2.19. The van der Waals surface area contributed by atoms with Crippen molar-refractivity contribution >= 4 is 6.03 Å². The van der Waals surface area contributed by atoms with Crippen LogP contribution in [0.5, 0.6) is 0 Å². The minimum absolute atomic E-state index is 0.940. The van der Waals surface area contributed by atoms with Gasteiger partial charge in [0.25, 0.3) is 0 Å². The molecule has 0 unspecified atom stereocenters. The van der Waals surface area contributed by atoms with Gasteiger partial charge in [0.15, 0.2) is 0 Å². The van der Waals surface area contributed by atoms with Gasteiger partial charge in [0.05, 0.1) is 5.29 Å². The SMILES string of the molecule is CCN(CC)CC.NC(=O)NN=O. The summed E-state index contributed by atoms with van der Waals surface area (Å²) < 4.78 is 0. The van der Waals surface area contributed by atoms with Crippen molar-refractivity contribution in [1.29, 1.82) is 0 Å². The highest BCUT2D eigenvalue weighted by Crippen LogP contribution is 1.81. The summed E-state index contributed by atoms with van der Waals surface area (Å²) in [7, 11) is 0. The van der Waals surface area contributed by atoms with E-state index in [2.05, 4.69) is 31.4 Å². The van der Waals surface area contributed by atoms with Crippen LogP contribution in [0.1, 0.15) is 20.8 Å². The molecule has 0 aliphatic carbocycles. The van der Waals surface area contributed by atoms with E-state index in [1.807, 2.05) is 5.29 Å². The van der Waals surface area contributed by atoms with Gasteiger partial charge in [-0.1, -0.05) is 20.8 Å². The molecule has 0 fully saturated rings. The van der Waals surface area contributed by atoms with Crippen LogP contribution in [0.4, 0.5) is 4.79 Å². The third-order valence-electron chi connectivity index (χ3n) is 1.50. The fraction of sp³-hybridized carbons (Fsp3) is 0.857. The predicted octanol–water partition coefficient (Wildman–Crippen LogP) is 0.684. The number of nitrogens with zero attached hydrogens (tertiary/aromatic N) is 2. The highest BCUT2D eigenvalue weighted by molar-refractivity contribution is 5.70. The number of nitrogens with two attached hydrogens (primary N) is 1. The van der Waals surface area contributed by atoms with Crippen LogP contribution in [0.3, 0.4) is 0 Å². The van der Waals surface area contributed by atoms with E-state index in [0.717, 1.165) is 0 Å². The smallest absolute Gasteiger partial charge is 0.335 e. The van der Waals surface area contributed by atoms with E-state index in [0.29, 0.717) is 0 Å². The Morgan fingerprint density at radius 1 is 1.31 bits per heavy atom. The molecular weight excluding hydrogens is 172 g/mol. The Morgan fingerprint density at radius 3 is 1.69 bits per heavy atom. The summed E-state index contributed by atoms with van der Waals surface area (Å²) in [4.78, 5) is 20.7. The van der Waals surface area contributed by atoms with Crippen LogP contribution in [0.25, 0.3) is 0 Å². The third kappa shape index (κ3) is 13.8. The van der Waals surface area contributed by atoms with Gasteiger partial charge in [0.1, 0.15) is 0 Å². The Labute approximate surface area is 78.4 Å². The van der Waals surface area contributed by atoms with E-state index in [1.54, 1.807) is 0 Å². The molecule has 0 rings (SSSR count). The van der Waals surface area contributed by atoms with Crippen LogP contribution >= 0.6 is 0 Å². The fourth-order valence-corrected chi connectivity index (χ4v) is 0.716. The van der Waals surface area contributed by atoms with Crippen molar-refractivity contribution in [2.75, 3.05) is 19.6 Å². The van der Waals surface area contributed by atoms with E-state index in [1.165, 1.54) is 25.1 Å². The van der Waals surface area contributed by atoms with Crippen LogP contribution in [0.15, 0.2) is 5.29 Å². The van der Waals surface area contributed by atoms with Crippen molar-refractivity contribution in [3.8, 4) is 0 Å². The maximum Gasteiger partial charge on any atom is 0.335 e. The molecule has 0 saturated carbocycles. The first kappa shape index (κ1) is 14.4. The normalized spacial score (nSPS) is 8.62. The zero-order chi connectivity index (χ0) is 10.7. The molecule has 3 N–H and O–H groups in total. The monoisotopic (exact) mass is 190 g/mol. The number of carbonyl (C=O) groups excluding carboxylic acids is 1. The molecule has 78 valence electrons. The average molecular weight is 190 g/mol. The lowest BCUT2D eigenvalue weighted by Gasteiger charge is -2.13. The van der Waals surface area contributed by atoms with Gasteiger partial charge in [-0.15, -0.1) is 4.91 Å². The van der Waals surface area contributed by atoms with Crippen molar-refractivity contribution in [2.45, 2.75) is 20.8 Å². The van der Waals surface area contributed by atoms with E-state index in [9.17, 15) is 4.79 Å². The first-order valence-electron chi connectivity index (χ1n) is 4.22. The zero-order valence-corrected chi connectivity index (χ0v) is 8.41. The van der Waals surface area contributed by atoms with Crippen molar-refractivity contribution in [3.05, 3.63) is 4.91 Å². The molecule has 0 spiro atoms. The van der Waals surface area contributed by atoms with E-state index < -0.39 is 6.03 Å². The molecular formula is C7H18N4O2. The van der Waals surface area contributed by atoms with Gasteiger partial charge < -0.3 is 10.6 Å². The largest absolute Gasteiger partial charge is 0.350 e.